The number of carbonyl (C=O) groups is 1. The van der Waals surface area contributed by atoms with E-state index in [1.807, 2.05) is 0 Å². The maximum atomic E-state index is 12.8. The molecule has 0 saturated carbocycles. The van der Waals surface area contributed by atoms with Gasteiger partial charge in [0.05, 0.1) is 19.2 Å². The van der Waals surface area contributed by atoms with E-state index in [0.717, 1.165) is 0 Å². The molecule has 0 spiro atoms. The number of halogens is 1. The van der Waals surface area contributed by atoms with E-state index < -0.39 is 15.9 Å². The second kappa shape index (κ2) is 9.27. The van der Waals surface area contributed by atoms with Crippen molar-refractivity contribution >= 4 is 33.2 Å². The van der Waals surface area contributed by atoms with Crippen LogP contribution in [0.2, 0.25) is 5.02 Å². The van der Waals surface area contributed by atoms with Gasteiger partial charge in [-0.3, -0.25) is 4.79 Å². The lowest BCUT2D eigenvalue weighted by molar-refractivity contribution is 0.102. The normalized spacial score (nSPS) is 11.4. The van der Waals surface area contributed by atoms with Gasteiger partial charge in [0.2, 0.25) is 10.0 Å². The zero-order chi connectivity index (χ0) is 20.9. The van der Waals surface area contributed by atoms with Gasteiger partial charge in [0, 0.05) is 42.5 Å². The van der Waals surface area contributed by atoms with Crippen molar-refractivity contribution in [3.63, 3.8) is 0 Å². The molecule has 0 aliphatic carbocycles. The van der Waals surface area contributed by atoms with Crippen LogP contribution in [0.1, 0.15) is 24.2 Å². The fraction of sp³-hybridized carbons (Fsp3) is 0.316. The van der Waals surface area contributed by atoms with Crippen LogP contribution in [0.5, 0.6) is 11.5 Å². The minimum absolute atomic E-state index is 0.0616. The van der Waals surface area contributed by atoms with Gasteiger partial charge in [-0.25, -0.2) is 8.42 Å². The summed E-state index contributed by atoms with van der Waals surface area (Å²) < 4.78 is 37.2. The van der Waals surface area contributed by atoms with Crippen LogP contribution in [0.25, 0.3) is 0 Å². The predicted molar refractivity (Wildman–Crippen MR) is 109 cm³/mol. The van der Waals surface area contributed by atoms with Crippen LogP contribution in [0.3, 0.4) is 0 Å². The molecule has 28 heavy (non-hydrogen) atoms. The number of hydrogen-bond donors (Lipinski definition) is 1. The van der Waals surface area contributed by atoms with Crippen LogP contribution in [-0.2, 0) is 10.0 Å². The Kier molecular flexibility index (Phi) is 7.29. The minimum Gasteiger partial charge on any atom is -0.497 e. The Morgan fingerprint density at radius 3 is 2.11 bits per heavy atom. The molecule has 7 nitrogen and oxygen atoms in total. The van der Waals surface area contributed by atoms with Gasteiger partial charge in [-0.05, 0) is 18.2 Å². The molecule has 152 valence electrons. The van der Waals surface area contributed by atoms with Crippen molar-refractivity contribution in [2.45, 2.75) is 18.7 Å². The number of rotatable bonds is 8. The summed E-state index contributed by atoms with van der Waals surface area (Å²) in [6, 6.07) is 9.08. The van der Waals surface area contributed by atoms with Gasteiger partial charge < -0.3 is 14.8 Å². The number of nitrogens with one attached hydrogen (secondary N) is 1. The van der Waals surface area contributed by atoms with Crippen molar-refractivity contribution < 1.29 is 22.7 Å². The molecule has 0 aromatic heterocycles. The summed E-state index contributed by atoms with van der Waals surface area (Å²) in [6.07, 6.45) is 0. The molecular weight excluding hydrogens is 404 g/mol. The van der Waals surface area contributed by atoms with Crippen LogP contribution >= 0.6 is 11.6 Å². The van der Waals surface area contributed by atoms with Crippen molar-refractivity contribution in [2.75, 3.05) is 32.6 Å². The molecule has 0 aliphatic heterocycles. The molecular formula is C19H23ClN2O5S. The third-order valence-electron chi connectivity index (χ3n) is 4.13. The van der Waals surface area contributed by atoms with Gasteiger partial charge in [-0.1, -0.05) is 25.4 Å². The molecule has 1 amide bonds. The van der Waals surface area contributed by atoms with Crippen molar-refractivity contribution in [1.29, 1.82) is 0 Å². The lowest BCUT2D eigenvalue weighted by atomic mass is 10.2. The molecule has 0 fully saturated rings. The van der Waals surface area contributed by atoms with E-state index >= 15 is 0 Å². The van der Waals surface area contributed by atoms with Crippen LogP contribution in [-0.4, -0.2) is 45.9 Å². The van der Waals surface area contributed by atoms with E-state index in [1.54, 1.807) is 32.0 Å². The topological polar surface area (TPSA) is 84.9 Å². The van der Waals surface area contributed by atoms with E-state index in [9.17, 15) is 13.2 Å². The molecule has 0 aliphatic rings. The second-order valence-electron chi connectivity index (χ2n) is 5.79. The highest BCUT2D eigenvalue weighted by molar-refractivity contribution is 7.89. The van der Waals surface area contributed by atoms with Crippen LogP contribution in [0.4, 0.5) is 5.69 Å². The fourth-order valence-electron chi connectivity index (χ4n) is 2.63. The van der Waals surface area contributed by atoms with Crippen LogP contribution in [0.15, 0.2) is 41.3 Å². The summed E-state index contributed by atoms with van der Waals surface area (Å²) in [7, 11) is -0.793. The molecule has 0 unspecified atom stereocenters. The highest BCUT2D eigenvalue weighted by Crippen LogP contribution is 2.28. The summed E-state index contributed by atoms with van der Waals surface area (Å²) >= 11 is 6.11. The molecule has 0 heterocycles. The maximum absolute atomic E-state index is 12.8. The monoisotopic (exact) mass is 426 g/mol. The summed E-state index contributed by atoms with van der Waals surface area (Å²) in [5, 5.41) is 2.77. The predicted octanol–water partition coefficient (Wildman–Crippen LogP) is 3.64. The number of methoxy groups -OCH3 is 2. The Labute approximate surface area is 170 Å². The van der Waals surface area contributed by atoms with Gasteiger partial charge in [0.1, 0.15) is 16.4 Å². The zero-order valence-corrected chi connectivity index (χ0v) is 17.7. The fourth-order valence-corrected chi connectivity index (χ4v) is 4.59. The number of sulfonamides is 1. The number of ether oxygens (including phenoxy) is 2. The number of anilines is 1. The number of carbonyl (C=O) groups excluding carboxylic acids is 1. The Balaban J connectivity index is 2.38. The highest BCUT2D eigenvalue weighted by atomic mass is 35.5. The average Bonchev–Trinajstić information content (AvgIpc) is 2.68. The number of benzene rings is 2. The first-order valence-corrected chi connectivity index (χ1v) is 10.4. The summed E-state index contributed by atoms with van der Waals surface area (Å²) in [6.45, 7) is 4.08. The summed E-state index contributed by atoms with van der Waals surface area (Å²) in [5.74, 6) is 0.536. The molecule has 1 N–H and O–H groups in total. The van der Waals surface area contributed by atoms with E-state index in [1.165, 1.54) is 36.7 Å². The molecule has 9 heteroatoms. The van der Waals surface area contributed by atoms with Gasteiger partial charge in [0.25, 0.3) is 5.91 Å². The lowest BCUT2D eigenvalue weighted by Gasteiger charge is -2.19. The van der Waals surface area contributed by atoms with Gasteiger partial charge in [-0.2, -0.15) is 4.31 Å². The van der Waals surface area contributed by atoms with E-state index in [4.69, 9.17) is 21.1 Å². The molecule has 0 atom stereocenters. The number of hydrogen-bond acceptors (Lipinski definition) is 5. The van der Waals surface area contributed by atoms with Gasteiger partial charge >= 0.3 is 0 Å². The van der Waals surface area contributed by atoms with Crippen molar-refractivity contribution in [3.05, 3.63) is 47.0 Å². The third kappa shape index (κ3) is 4.76. The SMILES string of the molecule is CCN(CC)S(=O)(=O)c1cc(C(=O)Nc2cc(OC)cc(OC)c2)ccc1Cl. The Morgan fingerprint density at radius 1 is 1.04 bits per heavy atom. The number of amides is 1. The highest BCUT2D eigenvalue weighted by Gasteiger charge is 2.25. The molecule has 2 aromatic carbocycles. The quantitative estimate of drug-likeness (QED) is 0.696. The van der Waals surface area contributed by atoms with Crippen molar-refractivity contribution in [1.82, 2.24) is 4.31 Å². The van der Waals surface area contributed by atoms with E-state index in [-0.39, 0.29) is 15.5 Å². The lowest BCUT2D eigenvalue weighted by Crippen LogP contribution is -2.31. The summed E-state index contributed by atoms with van der Waals surface area (Å²) in [5.41, 5.74) is 0.612. The Bertz CT molecular complexity index is 937. The van der Waals surface area contributed by atoms with Crippen molar-refractivity contribution in [3.8, 4) is 11.5 Å². The first-order chi connectivity index (χ1) is 13.3. The Hall–Kier alpha value is -2.29. The van der Waals surface area contributed by atoms with Crippen LogP contribution < -0.4 is 14.8 Å². The largest absolute Gasteiger partial charge is 0.497 e. The first-order valence-electron chi connectivity index (χ1n) is 8.60. The Morgan fingerprint density at radius 2 is 1.61 bits per heavy atom. The molecule has 2 rings (SSSR count). The van der Waals surface area contributed by atoms with E-state index in [2.05, 4.69) is 5.32 Å². The van der Waals surface area contributed by atoms with Gasteiger partial charge in [-0.15, -0.1) is 0 Å². The van der Waals surface area contributed by atoms with Crippen molar-refractivity contribution in [2.24, 2.45) is 0 Å². The third-order valence-corrected chi connectivity index (χ3v) is 6.66. The van der Waals surface area contributed by atoms with E-state index in [0.29, 0.717) is 30.3 Å². The smallest absolute Gasteiger partial charge is 0.255 e. The number of nitrogens with zero attached hydrogens (tertiary/aromatic N) is 1. The minimum atomic E-state index is -3.80. The standard InChI is InChI=1S/C19H23ClN2O5S/c1-5-22(6-2)28(24,25)18-9-13(7-8-17(18)20)19(23)21-14-10-15(26-3)12-16(11-14)27-4/h7-12H,5-6H2,1-4H3,(H,21,23). The molecule has 0 radical (unpaired) electrons. The summed E-state index contributed by atoms with van der Waals surface area (Å²) in [4.78, 5) is 12.6. The first kappa shape index (κ1) is 22.0. The second-order valence-corrected chi connectivity index (χ2v) is 8.10. The van der Waals surface area contributed by atoms with Gasteiger partial charge in [0.15, 0.2) is 0 Å². The maximum Gasteiger partial charge on any atom is 0.255 e. The molecule has 0 saturated heterocycles. The van der Waals surface area contributed by atoms with Crippen LogP contribution in [0, 0.1) is 0 Å². The zero-order valence-electron chi connectivity index (χ0n) is 16.2. The molecule has 2 aromatic rings. The average molecular weight is 427 g/mol. The molecule has 0 bridgehead atoms.